The molecule has 16 heavy (non-hydrogen) atoms. The average Bonchev–Trinajstić information content (AvgIpc) is 2.80. The van der Waals surface area contributed by atoms with E-state index in [-0.39, 0.29) is 0 Å². The molecule has 2 aliphatic rings. The van der Waals surface area contributed by atoms with Crippen molar-refractivity contribution < 1.29 is 5.11 Å². The smallest absolute Gasteiger partial charge is 0.0771 e. The fourth-order valence-corrected chi connectivity index (χ4v) is 3.36. The van der Waals surface area contributed by atoms with E-state index in [1.807, 2.05) is 0 Å². The minimum absolute atomic E-state index is 0.398. The monoisotopic (exact) mass is 225 g/mol. The molecule has 0 aliphatic heterocycles. The van der Waals surface area contributed by atoms with Gasteiger partial charge in [0.15, 0.2) is 0 Å². The molecule has 0 amide bonds. The molecule has 0 aromatic heterocycles. The van der Waals surface area contributed by atoms with Crippen LogP contribution in [0, 0.1) is 5.92 Å². The van der Waals surface area contributed by atoms with Gasteiger partial charge in [0.25, 0.3) is 0 Å². The van der Waals surface area contributed by atoms with Crippen LogP contribution in [0.3, 0.4) is 0 Å². The van der Waals surface area contributed by atoms with Gasteiger partial charge in [0.05, 0.1) is 5.60 Å². The molecule has 0 heterocycles. The zero-order valence-corrected chi connectivity index (χ0v) is 10.7. The second-order valence-corrected chi connectivity index (χ2v) is 6.00. The van der Waals surface area contributed by atoms with Crippen molar-refractivity contribution in [3.05, 3.63) is 0 Å². The van der Waals surface area contributed by atoms with Gasteiger partial charge in [0.2, 0.25) is 0 Å². The highest BCUT2D eigenvalue weighted by atomic mass is 16.3. The van der Waals surface area contributed by atoms with Crippen molar-refractivity contribution in [3.63, 3.8) is 0 Å². The van der Waals surface area contributed by atoms with Gasteiger partial charge in [-0.1, -0.05) is 32.1 Å². The van der Waals surface area contributed by atoms with Crippen molar-refractivity contribution >= 4 is 0 Å². The van der Waals surface area contributed by atoms with Crippen molar-refractivity contribution in [2.45, 2.75) is 76.4 Å². The van der Waals surface area contributed by atoms with Crippen molar-refractivity contribution in [1.82, 2.24) is 5.32 Å². The van der Waals surface area contributed by atoms with Gasteiger partial charge in [-0.05, 0) is 38.5 Å². The molecule has 94 valence electrons. The molecule has 2 nitrogen and oxygen atoms in total. The molecule has 0 bridgehead atoms. The van der Waals surface area contributed by atoms with Gasteiger partial charge in [-0.15, -0.1) is 0 Å². The molecule has 0 aromatic rings. The Balaban J connectivity index is 1.72. The zero-order chi connectivity index (χ0) is 11.4. The first-order valence-electron chi connectivity index (χ1n) is 7.15. The summed E-state index contributed by atoms with van der Waals surface area (Å²) in [7, 11) is 0. The van der Waals surface area contributed by atoms with E-state index in [9.17, 15) is 5.11 Å². The number of hydrogen-bond donors (Lipinski definition) is 2. The maximum Gasteiger partial charge on any atom is 0.0771 e. The molecule has 2 heteroatoms. The summed E-state index contributed by atoms with van der Waals surface area (Å²) in [6.45, 7) is 3.10. The van der Waals surface area contributed by atoms with Gasteiger partial charge >= 0.3 is 0 Å². The summed E-state index contributed by atoms with van der Waals surface area (Å²) in [6, 6.07) is 0.591. The van der Waals surface area contributed by atoms with E-state index in [4.69, 9.17) is 0 Å². The van der Waals surface area contributed by atoms with Crippen molar-refractivity contribution in [2.75, 3.05) is 6.54 Å². The molecule has 2 rings (SSSR count). The highest BCUT2D eigenvalue weighted by Crippen LogP contribution is 2.30. The lowest BCUT2D eigenvalue weighted by atomic mass is 9.84. The number of nitrogens with one attached hydrogen (secondary N) is 1. The third-order valence-corrected chi connectivity index (χ3v) is 4.64. The molecule has 1 unspecified atom stereocenters. The lowest BCUT2D eigenvalue weighted by Gasteiger charge is -2.34. The van der Waals surface area contributed by atoms with E-state index in [1.54, 1.807) is 0 Å². The Labute approximate surface area is 99.8 Å². The Hall–Kier alpha value is -0.0800. The summed E-state index contributed by atoms with van der Waals surface area (Å²) in [5.74, 6) is 0.854. The molecule has 0 radical (unpaired) electrons. The van der Waals surface area contributed by atoms with Crippen LogP contribution in [0.2, 0.25) is 0 Å². The minimum atomic E-state index is -0.398. The molecule has 0 spiro atoms. The summed E-state index contributed by atoms with van der Waals surface area (Å²) >= 11 is 0. The lowest BCUT2D eigenvalue weighted by Crippen LogP contribution is -2.46. The minimum Gasteiger partial charge on any atom is -0.389 e. The molecular formula is C14H27NO. The largest absolute Gasteiger partial charge is 0.389 e. The Morgan fingerprint density at radius 3 is 2.38 bits per heavy atom. The van der Waals surface area contributed by atoms with Crippen LogP contribution in [0.4, 0.5) is 0 Å². The van der Waals surface area contributed by atoms with Crippen molar-refractivity contribution in [3.8, 4) is 0 Å². The average molecular weight is 225 g/mol. The highest BCUT2D eigenvalue weighted by Gasteiger charge is 2.30. The van der Waals surface area contributed by atoms with E-state index in [0.717, 1.165) is 25.3 Å². The van der Waals surface area contributed by atoms with E-state index >= 15 is 0 Å². The van der Waals surface area contributed by atoms with Crippen molar-refractivity contribution in [2.24, 2.45) is 5.92 Å². The van der Waals surface area contributed by atoms with E-state index in [2.05, 4.69) is 12.2 Å². The van der Waals surface area contributed by atoms with Crippen LogP contribution in [0.1, 0.15) is 64.7 Å². The first-order valence-corrected chi connectivity index (χ1v) is 7.15. The van der Waals surface area contributed by atoms with Crippen LogP contribution < -0.4 is 5.32 Å². The Kier molecular flexibility index (Phi) is 4.26. The second kappa shape index (κ2) is 5.50. The van der Waals surface area contributed by atoms with Gasteiger partial charge in [0.1, 0.15) is 0 Å². The maximum atomic E-state index is 10.4. The molecular weight excluding hydrogens is 198 g/mol. The van der Waals surface area contributed by atoms with Gasteiger partial charge < -0.3 is 10.4 Å². The Bertz CT molecular complexity index is 205. The first-order chi connectivity index (χ1) is 7.70. The molecule has 2 saturated carbocycles. The summed E-state index contributed by atoms with van der Waals surface area (Å²) in [4.78, 5) is 0. The summed E-state index contributed by atoms with van der Waals surface area (Å²) in [6.07, 6.45) is 11.3. The third-order valence-electron chi connectivity index (χ3n) is 4.64. The zero-order valence-electron chi connectivity index (χ0n) is 10.7. The molecule has 0 saturated heterocycles. The predicted octanol–water partition coefficient (Wildman–Crippen LogP) is 2.85. The highest BCUT2D eigenvalue weighted by molar-refractivity contribution is 4.87. The molecule has 2 aliphatic carbocycles. The van der Waals surface area contributed by atoms with Crippen LogP contribution in [0.25, 0.3) is 0 Å². The fourth-order valence-electron chi connectivity index (χ4n) is 3.36. The topological polar surface area (TPSA) is 32.3 Å². The van der Waals surface area contributed by atoms with Gasteiger partial charge in [-0.25, -0.2) is 0 Å². The SMILES string of the molecule is CC(NCC1(O)CCCCC1)C1CCCC1. The van der Waals surface area contributed by atoms with Crippen LogP contribution >= 0.6 is 0 Å². The van der Waals surface area contributed by atoms with Crippen molar-refractivity contribution in [1.29, 1.82) is 0 Å². The number of hydrogen-bond acceptors (Lipinski definition) is 2. The maximum absolute atomic E-state index is 10.4. The first kappa shape index (κ1) is 12.4. The van der Waals surface area contributed by atoms with Crippen LogP contribution in [-0.2, 0) is 0 Å². The second-order valence-electron chi connectivity index (χ2n) is 6.00. The van der Waals surface area contributed by atoms with E-state index in [1.165, 1.54) is 44.9 Å². The molecule has 1 atom stereocenters. The van der Waals surface area contributed by atoms with Gasteiger partial charge in [-0.3, -0.25) is 0 Å². The predicted molar refractivity (Wildman–Crippen MR) is 67.5 cm³/mol. The van der Waals surface area contributed by atoms with Crippen LogP contribution in [-0.4, -0.2) is 23.3 Å². The van der Waals surface area contributed by atoms with E-state index in [0.29, 0.717) is 6.04 Å². The van der Waals surface area contributed by atoms with Gasteiger partial charge in [-0.2, -0.15) is 0 Å². The van der Waals surface area contributed by atoms with Gasteiger partial charge in [0, 0.05) is 12.6 Å². The number of rotatable bonds is 4. The number of aliphatic hydroxyl groups is 1. The summed E-state index contributed by atoms with van der Waals surface area (Å²) < 4.78 is 0. The quantitative estimate of drug-likeness (QED) is 0.771. The van der Waals surface area contributed by atoms with E-state index < -0.39 is 5.60 Å². The molecule has 0 aromatic carbocycles. The Morgan fingerprint density at radius 1 is 1.12 bits per heavy atom. The molecule has 2 fully saturated rings. The standard InChI is InChI=1S/C14H27NO/c1-12(13-7-3-4-8-13)15-11-14(16)9-5-2-6-10-14/h12-13,15-16H,2-11H2,1H3. The summed E-state index contributed by atoms with van der Waals surface area (Å²) in [5.41, 5.74) is -0.398. The lowest BCUT2D eigenvalue weighted by molar-refractivity contribution is 0.00163. The van der Waals surface area contributed by atoms with Crippen LogP contribution in [0.5, 0.6) is 0 Å². The third kappa shape index (κ3) is 3.21. The molecule has 2 N–H and O–H groups in total. The normalized spacial score (nSPS) is 28.1. The summed E-state index contributed by atoms with van der Waals surface area (Å²) in [5, 5.41) is 14.0. The fraction of sp³-hybridized carbons (Fsp3) is 1.00. The Morgan fingerprint density at radius 2 is 1.75 bits per heavy atom. The van der Waals surface area contributed by atoms with Crippen LogP contribution in [0.15, 0.2) is 0 Å².